The van der Waals surface area contributed by atoms with E-state index in [0.29, 0.717) is 5.92 Å². The van der Waals surface area contributed by atoms with Gasteiger partial charge in [-0.15, -0.1) is 0 Å². The lowest BCUT2D eigenvalue weighted by molar-refractivity contribution is 0.588. The largest absolute Gasteiger partial charge is 0.455 e. The molecule has 4 aromatic rings. The van der Waals surface area contributed by atoms with Gasteiger partial charge in [-0.1, -0.05) is 71.0 Å². The highest BCUT2D eigenvalue weighted by atomic mass is 16.3. The summed E-state index contributed by atoms with van der Waals surface area (Å²) in [6.07, 6.45) is 0. The number of benzene rings is 3. The van der Waals surface area contributed by atoms with Crippen molar-refractivity contribution in [1.29, 1.82) is 0 Å². The minimum Gasteiger partial charge on any atom is -0.455 e. The second-order valence-corrected chi connectivity index (χ2v) is 8.14. The molecule has 0 saturated carbocycles. The van der Waals surface area contributed by atoms with Gasteiger partial charge in [-0.2, -0.15) is 0 Å². The molecule has 0 spiro atoms. The van der Waals surface area contributed by atoms with Crippen LogP contribution in [0.25, 0.3) is 32.7 Å². The van der Waals surface area contributed by atoms with E-state index in [4.69, 9.17) is 4.42 Å². The summed E-state index contributed by atoms with van der Waals surface area (Å²) in [4.78, 5) is 0. The van der Waals surface area contributed by atoms with Gasteiger partial charge < -0.3 is 4.42 Å². The molecule has 0 fully saturated rings. The molecule has 0 atom stereocenters. The Morgan fingerprint density at radius 2 is 1.50 bits per heavy atom. The molecule has 0 bridgehead atoms. The van der Waals surface area contributed by atoms with Gasteiger partial charge in [0, 0.05) is 16.2 Å². The van der Waals surface area contributed by atoms with Crippen molar-refractivity contribution in [3.8, 4) is 0 Å². The molecule has 0 amide bonds. The van der Waals surface area contributed by atoms with Gasteiger partial charge in [0.1, 0.15) is 11.2 Å². The fraction of sp³-hybridized carbons (Fsp3) is 0.304. The Balaban J connectivity index is 2.02. The third-order valence-electron chi connectivity index (χ3n) is 5.01. The second-order valence-electron chi connectivity index (χ2n) is 8.14. The van der Waals surface area contributed by atoms with Crippen LogP contribution in [-0.4, -0.2) is 0 Å². The number of furan rings is 1. The van der Waals surface area contributed by atoms with Crippen LogP contribution in [0.1, 0.15) is 51.7 Å². The molecule has 3 aromatic carbocycles. The lowest BCUT2D eigenvalue weighted by Gasteiger charge is -2.18. The Morgan fingerprint density at radius 3 is 2.21 bits per heavy atom. The van der Waals surface area contributed by atoms with Crippen LogP contribution in [0.4, 0.5) is 0 Å². The first-order chi connectivity index (χ1) is 11.3. The highest BCUT2D eigenvalue weighted by molar-refractivity contribution is 6.15. The van der Waals surface area contributed by atoms with Crippen LogP contribution in [0, 0.1) is 0 Å². The third kappa shape index (κ3) is 2.31. The van der Waals surface area contributed by atoms with Crippen molar-refractivity contribution in [1.82, 2.24) is 0 Å². The number of rotatable bonds is 1. The predicted molar refractivity (Wildman–Crippen MR) is 104 cm³/mol. The van der Waals surface area contributed by atoms with Crippen LogP contribution in [0.2, 0.25) is 0 Å². The van der Waals surface area contributed by atoms with Crippen LogP contribution < -0.4 is 0 Å². The van der Waals surface area contributed by atoms with Crippen molar-refractivity contribution in [3.05, 3.63) is 59.7 Å². The van der Waals surface area contributed by atoms with Gasteiger partial charge in [-0.05, 0) is 40.0 Å². The van der Waals surface area contributed by atoms with E-state index < -0.39 is 0 Å². The summed E-state index contributed by atoms with van der Waals surface area (Å²) in [7, 11) is 0. The molecule has 0 radical (unpaired) electrons. The average Bonchev–Trinajstić information content (AvgIpc) is 2.91. The maximum Gasteiger partial charge on any atom is 0.143 e. The Bertz CT molecular complexity index is 1060. The maximum absolute atomic E-state index is 6.30. The summed E-state index contributed by atoms with van der Waals surface area (Å²) in [6.45, 7) is 11.2. The zero-order valence-electron chi connectivity index (χ0n) is 15.1. The maximum atomic E-state index is 6.30. The lowest BCUT2D eigenvalue weighted by atomic mass is 9.86. The molecule has 0 aliphatic rings. The molecule has 1 heteroatoms. The van der Waals surface area contributed by atoms with Crippen LogP contribution in [-0.2, 0) is 5.41 Å². The van der Waals surface area contributed by atoms with Crippen LogP contribution in [0.15, 0.2) is 52.9 Å². The Labute approximate surface area is 143 Å². The quantitative estimate of drug-likeness (QED) is 0.363. The predicted octanol–water partition coefficient (Wildman–Crippen LogP) is 7.16. The van der Waals surface area contributed by atoms with Gasteiger partial charge in [0.05, 0.1) is 0 Å². The van der Waals surface area contributed by atoms with Gasteiger partial charge in [0.15, 0.2) is 0 Å². The van der Waals surface area contributed by atoms with E-state index in [1.54, 1.807) is 0 Å². The van der Waals surface area contributed by atoms with Crippen LogP contribution >= 0.6 is 0 Å². The smallest absolute Gasteiger partial charge is 0.143 e. The topological polar surface area (TPSA) is 13.1 Å². The van der Waals surface area contributed by atoms with E-state index in [2.05, 4.69) is 83.1 Å². The van der Waals surface area contributed by atoms with Crippen LogP contribution in [0.5, 0.6) is 0 Å². The first-order valence-corrected chi connectivity index (χ1v) is 8.74. The molecule has 0 saturated heterocycles. The second kappa shape index (κ2) is 5.11. The van der Waals surface area contributed by atoms with Gasteiger partial charge in [-0.3, -0.25) is 0 Å². The molecule has 0 aliphatic heterocycles. The molecule has 4 rings (SSSR count). The van der Waals surface area contributed by atoms with E-state index in [0.717, 1.165) is 11.2 Å². The molecule has 0 aliphatic carbocycles. The molecular formula is C23H24O. The fourth-order valence-electron chi connectivity index (χ4n) is 3.41. The minimum absolute atomic E-state index is 0.126. The van der Waals surface area contributed by atoms with E-state index >= 15 is 0 Å². The Hall–Kier alpha value is -2.28. The van der Waals surface area contributed by atoms with Crippen molar-refractivity contribution in [3.63, 3.8) is 0 Å². The third-order valence-corrected chi connectivity index (χ3v) is 5.01. The van der Waals surface area contributed by atoms with Crippen molar-refractivity contribution in [2.45, 2.75) is 46.0 Å². The number of fused-ring (bicyclic) bond motifs is 5. The molecule has 122 valence electrons. The molecule has 24 heavy (non-hydrogen) atoms. The van der Waals surface area contributed by atoms with E-state index in [-0.39, 0.29) is 5.41 Å². The zero-order valence-corrected chi connectivity index (χ0v) is 15.1. The van der Waals surface area contributed by atoms with E-state index in [9.17, 15) is 0 Å². The summed E-state index contributed by atoms with van der Waals surface area (Å²) in [5.74, 6) is 0.537. The normalized spacial score (nSPS) is 12.8. The van der Waals surface area contributed by atoms with Crippen molar-refractivity contribution >= 4 is 32.7 Å². The van der Waals surface area contributed by atoms with E-state index in [1.807, 2.05) is 0 Å². The van der Waals surface area contributed by atoms with Gasteiger partial charge in [0.25, 0.3) is 0 Å². The molecule has 1 aromatic heterocycles. The summed E-state index contributed by atoms with van der Waals surface area (Å²) < 4.78 is 6.30. The summed E-state index contributed by atoms with van der Waals surface area (Å²) in [5, 5.41) is 4.86. The molecule has 0 unspecified atom stereocenters. The average molecular weight is 316 g/mol. The fourth-order valence-corrected chi connectivity index (χ4v) is 3.41. The summed E-state index contributed by atoms with van der Waals surface area (Å²) >= 11 is 0. The Kier molecular flexibility index (Phi) is 3.25. The van der Waals surface area contributed by atoms with Gasteiger partial charge in [0.2, 0.25) is 0 Å². The monoisotopic (exact) mass is 316 g/mol. The molecule has 1 heterocycles. The highest BCUT2D eigenvalue weighted by Crippen LogP contribution is 2.36. The first-order valence-electron chi connectivity index (χ1n) is 8.74. The van der Waals surface area contributed by atoms with Gasteiger partial charge in [-0.25, -0.2) is 0 Å². The van der Waals surface area contributed by atoms with E-state index in [1.165, 1.54) is 32.7 Å². The highest BCUT2D eigenvalue weighted by Gasteiger charge is 2.17. The standard InChI is InChI=1S/C23H24O/c1-14(2)15-6-9-18-16(12-15)7-10-20-19-11-8-17(23(3,4)5)13-21(19)24-22(18)20/h6-14H,1-5H3. The van der Waals surface area contributed by atoms with Crippen molar-refractivity contribution < 1.29 is 4.42 Å². The van der Waals surface area contributed by atoms with Crippen LogP contribution in [0.3, 0.4) is 0 Å². The van der Waals surface area contributed by atoms with Crippen molar-refractivity contribution in [2.75, 3.05) is 0 Å². The van der Waals surface area contributed by atoms with Gasteiger partial charge >= 0.3 is 0 Å². The molecule has 0 N–H and O–H groups in total. The van der Waals surface area contributed by atoms with Crippen molar-refractivity contribution in [2.24, 2.45) is 0 Å². The molecular weight excluding hydrogens is 292 g/mol. The Morgan fingerprint density at radius 1 is 0.792 bits per heavy atom. The number of hydrogen-bond donors (Lipinski definition) is 0. The lowest BCUT2D eigenvalue weighted by Crippen LogP contribution is -2.10. The first kappa shape index (κ1) is 15.3. The summed E-state index contributed by atoms with van der Waals surface area (Å²) in [6, 6.07) is 17.8. The zero-order chi connectivity index (χ0) is 17.1. The summed E-state index contributed by atoms with van der Waals surface area (Å²) in [5.41, 5.74) is 4.79. The minimum atomic E-state index is 0.126. The molecule has 1 nitrogen and oxygen atoms in total. The SMILES string of the molecule is CC(C)c1ccc2c(ccc3c4ccc(C(C)(C)C)cc4oc23)c1. The number of hydrogen-bond acceptors (Lipinski definition) is 1.